The fourth-order valence-electron chi connectivity index (χ4n) is 3.75. The molecule has 4 rings (SSSR count). The molecule has 170 valence electrons. The lowest BCUT2D eigenvalue weighted by Gasteiger charge is -2.28. The van der Waals surface area contributed by atoms with Gasteiger partial charge < -0.3 is 20.5 Å². The highest BCUT2D eigenvalue weighted by Gasteiger charge is 2.25. The number of aliphatic hydroxyl groups excluding tert-OH is 1. The van der Waals surface area contributed by atoms with E-state index in [-0.39, 0.29) is 17.9 Å². The summed E-state index contributed by atoms with van der Waals surface area (Å²) in [5.74, 6) is 0.132. The van der Waals surface area contributed by atoms with E-state index in [1.807, 2.05) is 6.92 Å². The zero-order valence-corrected chi connectivity index (χ0v) is 18.3. The van der Waals surface area contributed by atoms with Crippen LogP contribution in [0.4, 0.5) is 5.69 Å². The number of rotatable bonds is 6. The number of aliphatic hydroxyl groups is 1. The molecule has 0 aliphatic heterocycles. The first-order valence-electron chi connectivity index (χ1n) is 10.9. The molecule has 0 bridgehead atoms. The maximum atomic E-state index is 12.9. The summed E-state index contributed by atoms with van der Waals surface area (Å²) in [6.45, 7) is 1.85. The first-order chi connectivity index (χ1) is 16.0. The number of carbonyl (C=O) groups is 2. The number of anilines is 1. The van der Waals surface area contributed by atoms with E-state index in [4.69, 9.17) is 4.74 Å². The third-order valence-electron chi connectivity index (χ3n) is 5.63. The van der Waals surface area contributed by atoms with Gasteiger partial charge in [0, 0.05) is 29.7 Å². The van der Waals surface area contributed by atoms with Crippen molar-refractivity contribution in [2.24, 2.45) is 0 Å². The first kappa shape index (κ1) is 22.4. The van der Waals surface area contributed by atoms with Gasteiger partial charge in [0.1, 0.15) is 5.75 Å². The maximum Gasteiger partial charge on any atom is 0.257 e. The van der Waals surface area contributed by atoms with Gasteiger partial charge in [0.25, 0.3) is 11.8 Å². The molecule has 1 aliphatic carbocycles. The average molecular weight is 447 g/mol. The maximum absolute atomic E-state index is 12.9. The van der Waals surface area contributed by atoms with Crippen molar-refractivity contribution in [3.63, 3.8) is 0 Å². The molecular formula is C25H26N4O4. The van der Waals surface area contributed by atoms with Gasteiger partial charge in [0.2, 0.25) is 5.88 Å². The predicted molar refractivity (Wildman–Crippen MR) is 123 cm³/mol. The van der Waals surface area contributed by atoms with Gasteiger partial charge in [-0.2, -0.15) is 0 Å². The van der Waals surface area contributed by atoms with Crippen LogP contribution < -0.4 is 15.4 Å². The van der Waals surface area contributed by atoms with Crippen molar-refractivity contribution in [3.8, 4) is 11.6 Å². The number of amides is 2. The normalized spacial score (nSPS) is 17.8. The highest BCUT2D eigenvalue weighted by molar-refractivity contribution is 6.05. The second kappa shape index (κ2) is 10.2. The Morgan fingerprint density at radius 1 is 1.03 bits per heavy atom. The van der Waals surface area contributed by atoms with Gasteiger partial charge in [0.15, 0.2) is 0 Å². The summed E-state index contributed by atoms with van der Waals surface area (Å²) >= 11 is 0. The largest absolute Gasteiger partial charge is 0.437 e. The minimum atomic E-state index is -0.527. The van der Waals surface area contributed by atoms with Crippen LogP contribution in [0.3, 0.4) is 0 Å². The van der Waals surface area contributed by atoms with Crippen LogP contribution in [0.2, 0.25) is 0 Å². The van der Waals surface area contributed by atoms with E-state index < -0.39 is 6.10 Å². The van der Waals surface area contributed by atoms with E-state index >= 15 is 0 Å². The van der Waals surface area contributed by atoms with Crippen LogP contribution in [0.25, 0.3) is 0 Å². The van der Waals surface area contributed by atoms with E-state index in [1.54, 1.807) is 48.7 Å². The van der Waals surface area contributed by atoms with Crippen molar-refractivity contribution in [2.45, 2.75) is 44.8 Å². The van der Waals surface area contributed by atoms with Crippen molar-refractivity contribution >= 4 is 17.5 Å². The molecule has 1 fully saturated rings. The van der Waals surface area contributed by atoms with Gasteiger partial charge in [-0.25, -0.2) is 4.98 Å². The average Bonchev–Trinajstić information content (AvgIpc) is 2.82. The number of aromatic nitrogens is 2. The number of nitrogens with zero attached hydrogens (tertiary/aromatic N) is 2. The number of nitrogens with one attached hydrogen (secondary N) is 2. The molecule has 3 aromatic rings. The van der Waals surface area contributed by atoms with Crippen molar-refractivity contribution in [2.75, 3.05) is 5.32 Å². The first-order valence-corrected chi connectivity index (χ1v) is 10.9. The molecule has 3 N–H and O–H groups in total. The molecule has 8 nitrogen and oxygen atoms in total. The quantitative estimate of drug-likeness (QED) is 0.530. The summed E-state index contributed by atoms with van der Waals surface area (Å²) in [4.78, 5) is 33.8. The molecule has 2 amide bonds. The second-order valence-corrected chi connectivity index (χ2v) is 8.09. The summed E-state index contributed by atoms with van der Waals surface area (Å²) in [6.07, 6.45) is 7.42. The van der Waals surface area contributed by atoms with E-state index in [1.165, 1.54) is 12.4 Å². The molecule has 1 aromatic carbocycles. The zero-order valence-electron chi connectivity index (χ0n) is 18.3. The molecular weight excluding hydrogens is 420 g/mol. The number of benzene rings is 1. The van der Waals surface area contributed by atoms with Gasteiger partial charge >= 0.3 is 0 Å². The Hall–Kier alpha value is -3.78. The van der Waals surface area contributed by atoms with E-state index in [2.05, 4.69) is 20.6 Å². The van der Waals surface area contributed by atoms with Crippen LogP contribution in [0, 0.1) is 6.92 Å². The van der Waals surface area contributed by atoms with Gasteiger partial charge in [-0.1, -0.05) is 25.0 Å². The Morgan fingerprint density at radius 2 is 1.88 bits per heavy atom. The van der Waals surface area contributed by atoms with Crippen molar-refractivity contribution < 1.29 is 19.4 Å². The van der Waals surface area contributed by atoms with Crippen LogP contribution in [0.5, 0.6) is 11.6 Å². The molecule has 1 saturated carbocycles. The molecule has 0 spiro atoms. The minimum Gasteiger partial charge on any atom is -0.437 e. The van der Waals surface area contributed by atoms with Crippen molar-refractivity contribution in [1.82, 2.24) is 15.3 Å². The standard InChI is InChI=1S/C25H26N4O4/c1-16-9-10-17(24(31)28-20-6-2-3-7-22(20)30)13-21(16)29-25(32)18-12-19(15-26-14-18)33-23-8-4-5-11-27-23/h4-5,8-15,20,22,30H,2-3,6-7H2,1H3,(H,28,31)(H,29,32)/t20-,22-/m0/s1. The number of hydrogen-bond acceptors (Lipinski definition) is 6. The zero-order chi connectivity index (χ0) is 23.2. The molecule has 1 aliphatic rings. The summed E-state index contributed by atoms with van der Waals surface area (Å²) in [5.41, 5.74) is 2.06. The van der Waals surface area contributed by atoms with Crippen LogP contribution in [-0.4, -0.2) is 39.0 Å². The number of aryl methyl sites for hydroxylation is 1. The molecule has 2 atom stereocenters. The van der Waals surface area contributed by atoms with E-state index in [0.29, 0.717) is 34.9 Å². The van der Waals surface area contributed by atoms with Gasteiger partial charge in [-0.15, -0.1) is 0 Å². The number of pyridine rings is 2. The van der Waals surface area contributed by atoms with Crippen molar-refractivity contribution in [1.29, 1.82) is 0 Å². The number of hydrogen-bond donors (Lipinski definition) is 3. The molecule has 2 aromatic heterocycles. The molecule has 33 heavy (non-hydrogen) atoms. The van der Waals surface area contributed by atoms with Gasteiger partial charge in [-0.05, 0) is 49.6 Å². The molecule has 0 radical (unpaired) electrons. The van der Waals surface area contributed by atoms with Crippen LogP contribution in [0.15, 0.2) is 61.1 Å². The minimum absolute atomic E-state index is 0.251. The molecule has 0 unspecified atom stereocenters. The Labute approximate surface area is 192 Å². The fraction of sp³-hybridized carbons (Fsp3) is 0.280. The molecule has 0 saturated heterocycles. The lowest BCUT2D eigenvalue weighted by Crippen LogP contribution is -2.45. The summed E-state index contributed by atoms with van der Waals surface area (Å²) in [6, 6.07) is 11.7. The Balaban J connectivity index is 1.45. The van der Waals surface area contributed by atoms with Gasteiger partial charge in [0.05, 0.1) is 23.9 Å². The van der Waals surface area contributed by atoms with E-state index in [0.717, 1.165) is 24.8 Å². The SMILES string of the molecule is Cc1ccc(C(=O)N[C@H]2CCCC[C@@H]2O)cc1NC(=O)c1cncc(Oc2ccccn2)c1. The van der Waals surface area contributed by atoms with Crippen molar-refractivity contribution in [3.05, 3.63) is 77.7 Å². The van der Waals surface area contributed by atoms with Crippen LogP contribution >= 0.6 is 0 Å². The lowest BCUT2D eigenvalue weighted by atomic mass is 9.92. The Bertz CT molecular complexity index is 1140. The Morgan fingerprint density at radius 3 is 2.67 bits per heavy atom. The second-order valence-electron chi connectivity index (χ2n) is 8.09. The summed E-state index contributed by atoms with van der Waals surface area (Å²) in [7, 11) is 0. The smallest absolute Gasteiger partial charge is 0.257 e. The highest BCUT2D eigenvalue weighted by atomic mass is 16.5. The number of carbonyl (C=O) groups excluding carboxylic acids is 2. The summed E-state index contributed by atoms with van der Waals surface area (Å²) in [5, 5.41) is 15.9. The third-order valence-corrected chi connectivity index (χ3v) is 5.63. The summed E-state index contributed by atoms with van der Waals surface area (Å²) < 4.78 is 5.65. The van der Waals surface area contributed by atoms with Crippen LogP contribution in [0.1, 0.15) is 52.0 Å². The lowest BCUT2D eigenvalue weighted by molar-refractivity contribution is 0.0717. The van der Waals surface area contributed by atoms with Gasteiger partial charge in [-0.3, -0.25) is 14.6 Å². The topological polar surface area (TPSA) is 113 Å². The van der Waals surface area contributed by atoms with Crippen LogP contribution in [-0.2, 0) is 0 Å². The third kappa shape index (κ3) is 5.72. The molecule has 2 heterocycles. The highest BCUT2D eigenvalue weighted by Crippen LogP contribution is 2.23. The molecule has 8 heteroatoms. The predicted octanol–water partition coefficient (Wildman–Crippen LogP) is 3.86. The Kier molecular flexibility index (Phi) is 6.95. The number of ether oxygens (including phenoxy) is 1. The van der Waals surface area contributed by atoms with E-state index in [9.17, 15) is 14.7 Å². The monoisotopic (exact) mass is 446 g/mol. The fourth-order valence-corrected chi connectivity index (χ4v) is 3.75.